The minimum Gasteiger partial charge on any atom is -0.463 e. The number of hydrogen-bond acceptors (Lipinski definition) is 5. The third kappa shape index (κ3) is 4.07. The number of amides is 2. The number of carbonyl (C=O) groups excluding carboxylic acids is 2. The van der Waals surface area contributed by atoms with E-state index < -0.39 is 0 Å². The Bertz CT molecular complexity index is 906. The zero-order valence-electron chi connectivity index (χ0n) is 14.3. The van der Waals surface area contributed by atoms with Crippen molar-refractivity contribution in [3.8, 4) is 11.5 Å². The Morgan fingerprint density at radius 2 is 2.00 bits per heavy atom. The molecule has 0 fully saturated rings. The number of fused-ring (bicyclic) bond motifs is 1. The number of hydrogen-bond donors (Lipinski definition) is 2. The average molecular weight is 353 g/mol. The molecule has 0 atom stereocenters. The van der Waals surface area contributed by atoms with Gasteiger partial charge in [-0.3, -0.25) is 9.59 Å². The first-order valence-corrected chi connectivity index (χ1v) is 8.16. The second kappa shape index (κ2) is 8.26. The normalized spacial score (nSPS) is 10.7. The van der Waals surface area contributed by atoms with Gasteiger partial charge in [-0.2, -0.15) is 0 Å². The smallest absolute Gasteiger partial charge is 0.252 e. The fourth-order valence-electron chi connectivity index (χ4n) is 2.52. The molecule has 2 amide bonds. The number of nitrogens with one attached hydrogen (secondary N) is 2. The van der Waals surface area contributed by atoms with Gasteiger partial charge in [0.05, 0.1) is 30.5 Å². The Balaban J connectivity index is 1.81. The van der Waals surface area contributed by atoms with Gasteiger partial charge < -0.3 is 19.8 Å². The van der Waals surface area contributed by atoms with Gasteiger partial charge in [-0.25, -0.2) is 4.98 Å². The lowest BCUT2D eigenvalue weighted by atomic mass is 10.1. The maximum absolute atomic E-state index is 12.6. The van der Waals surface area contributed by atoms with Crippen LogP contribution in [0.25, 0.3) is 22.4 Å². The van der Waals surface area contributed by atoms with E-state index in [0.717, 1.165) is 0 Å². The quantitative estimate of drug-likeness (QED) is 0.634. The largest absolute Gasteiger partial charge is 0.463 e. The molecule has 2 N–H and O–H groups in total. The third-order valence-corrected chi connectivity index (χ3v) is 3.77. The van der Waals surface area contributed by atoms with Crippen LogP contribution in [0.4, 0.5) is 0 Å². The lowest BCUT2D eigenvalue weighted by Gasteiger charge is -2.10. The van der Waals surface area contributed by atoms with Gasteiger partial charge in [0.1, 0.15) is 5.69 Å². The van der Waals surface area contributed by atoms with Crippen LogP contribution in [0.15, 0.2) is 53.1 Å². The molecule has 0 saturated heterocycles. The van der Waals surface area contributed by atoms with Gasteiger partial charge in [-0.15, -0.1) is 0 Å². The lowest BCUT2D eigenvalue weighted by Crippen LogP contribution is -2.38. The Kier molecular flexibility index (Phi) is 5.60. The molecule has 0 bridgehead atoms. The molecule has 0 spiro atoms. The zero-order valence-corrected chi connectivity index (χ0v) is 14.3. The SMILES string of the molecule is COCCNC(=O)CNC(=O)c1cc(-c2ccco2)nc2ccccc12. The molecule has 0 unspecified atom stereocenters. The van der Waals surface area contributed by atoms with Crippen molar-refractivity contribution in [2.75, 3.05) is 26.8 Å². The van der Waals surface area contributed by atoms with E-state index in [9.17, 15) is 9.59 Å². The number of pyridine rings is 1. The molecule has 0 aliphatic rings. The fourth-order valence-corrected chi connectivity index (χ4v) is 2.52. The Morgan fingerprint density at radius 1 is 1.15 bits per heavy atom. The van der Waals surface area contributed by atoms with Crippen LogP contribution < -0.4 is 10.6 Å². The van der Waals surface area contributed by atoms with Crippen molar-refractivity contribution in [2.24, 2.45) is 0 Å². The molecule has 134 valence electrons. The van der Waals surface area contributed by atoms with Gasteiger partial charge in [0, 0.05) is 19.0 Å². The number of benzene rings is 1. The molecule has 7 heteroatoms. The molecule has 26 heavy (non-hydrogen) atoms. The molecule has 0 saturated carbocycles. The third-order valence-electron chi connectivity index (χ3n) is 3.77. The van der Waals surface area contributed by atoms with E-state index in [1.165, 1.54) is 0 Å². The molecule has 1 aromatic carbocycles. The highest BCUT2D eigenvalue weighted by Gasteiger charge is 2.15. The molecule has 3 aromatic rings. The maximum atomic E-state index is 12.6. The van der Waals surface area contributed by atoms with Crippen molar-refractivity contribution >= 4 is 22.7 Å². The molecule has 3 rings (SSSR count). The highest BCUT2D eigenvalue weighted by Crippen LogP contribution is 2.25. The first-order valence-electron chi connectivity index (χ1n) is 8.16. The number of carbonyl (C=O) groups is 2. The maximum Gasteiger partial charge on any atom is 0.252 e. The molecule has 2 heterocycles. The minimum absolute atomic E-state index is 0.116. The highest BCUT2D eigenvalue weighted by atomic mass is 16.5. The van der Waals surface area contributed by atoms with E-state index in [4.69, 9.17) is 9.15 Å². The van der Waals surface area contributed by atoms with E-state index in [1.807, 2.05) is 24.3 Å². The molecular formula is C19H19N3O4. The highest BCUT2D eigenvalue weighted by molar-refractivity contribution is 6.07. The van der Waals surface area contributed by atoms with Crippen LogP contribution in [0.3, 0.4) is 0 Å². The number of nitrogens with zero attached hydrogens (tertiary/aromatic N) is 1. The summed E-state index contributed by atoms with van der Waals surface area (Å²) in [4.78, 5) is 28.9. The summed E-state index contributed by atoms with van der Waals surface area (Å²) >= 11 is 0. The Labute approximate surface area is 150 Å². The van der Waals surface area contributed by atoms with Crippen molar-refractivity contribution in [1.29, 1.82) is 0 Å². The summed E-state index contributed by atoms with van der Waals surface area (Å²) < 4.78 is 10.3. The number of aromatic nitrogens is 1. The predicted molar refractivity (Wildman–Crippen MR) is 96.7 cm³/mol. The summed E-state index contributed by atoms with van der Waals surface area (Å²) in [6.45, 7) is 0.697. The first kappa shape index (κ1) is 17.6. The van der Waals surface area contributed by atoms with Crippen molar-refractivity contribution < 1.29 is 18.7 Å². The monoisotopic (exact) mass is 353 g/mol. The number of rotatable bonds is 7. The van der Waals surface area contributed by atoms with Crippen molar-refractivity contribution in [3.63, 3.8) is 0 Å². The van der Waals surface area contributed by atoms with Crippen LogP contribution in [0.1, 0.15) is 10.4 Å². The summed E-state index contributed by atoms with van der Waals surface area (Å²) in [6.07, 6.45) is 1.55. The summed E-state index contributed by atoms with van der Waals surface area (Å²) in [5.74, 6) is -0.0552. The van der Waals surface area contributed by atoms with E-state index in [-0.39, 0.29) is 18.4 Å². The first-order chi connectivity index (χ1) is 12.7. The second-order valence-corrected chi connectivity index (χ2v) is 5.57. The van der Waals surface area contributed by atoms with Crippen LogP contribution in [-0.4, -0.2) is 43.6 Å². The van der Waals surface area contributed by atoms with Gasteiger partial charge in [0.25, 0.3) is 5.91 Å². The van der Waals surface area contributed by atoms with Gasteiger partial charge in [-0.1, -0.05) is 18.2 Å². The number of para-hydroxylation sites is 1. The summed E-state index contributed by atoms with van der Waals surface area (Å²) in [6, 6.07) is 12.5. The molecule has 0 aliphatic carbocycles. The molecular weight excluding hydrogens is 334 g/mol. The van der Waals surface area contributed by atoms with E-state index >= 15 is 0 Å². The summed E-state index contributed by atoms with van der Waals surface area (Å²) in [7, 11) is 1.55. The van der Waals surface area contributed by atoms with Gasteiger partial charge >= 0.3 is 0 Å². The van der Waals surface area contributed by atoms with Crippen LogP contribution in [0, 0.1) is 0 Å². The van der Waals surface area contributed by atoms with Gasteiger partial charge in [0.2, 0.25) is 5.91 Å². The minimum atomic E-state index is -0.349. The average Bonchev–Trinajstić information content (AvgIpc) is 3.20. The van der Waals surface area contributed by atoms with E-state index in [1.54, 1.807) is 31.6 Å². The van der Waals surface area contributed by atoms with Gasteiger partial charge in [-0.05, 0) is 24.3 Å². The number of methoxy groups -OCH3 is 1. The van der Waals surface area contributed by atoms with Crippen LogP contribution >= 0.6 is 0 Å². The summed E-state index contributed by atoms with van der Waals surface area (Å²) in [5, 5.41) is 6.00. The molecule has 0 aliphatic heterocycles. The lowest BCUT2D eigenvalue weighted by molar-refractivity contribution is -0.120. The Morgan fingerprint density at radius 3 is 2.77 bits per heavy atom. The van der Waals surface area contributed by atoms with Crippen molar-refractivity contribution in [1.82, 2.24) is 15.6 Å². The Hall–Kier alpha value is -3.19. The van der Waals surface area contributed by atoms with Crippen LogP contribution in [0.5, 0.6) is 0 Å². The second-order valence-electron chi connectivity index (χ2n) is 5.57. The van der Waals surface area contributed by atoms with E-state index in [0.29, 0.717) is 41.1 Å². The van der Waals surface area contributed by atoms with Crippen molar-refractivity contribution in [3.05, 3.63) is 54.3 Å². The van der Waals surface area contributed by atoms with E-state index in [2.05, 4.69) is 15.6 Å². The standard InChI is InChI=1S/C19H19N3O4/c1-25-10-8-20-18(23)12-21-19(24)14-11-16(17-7-4-9-26-17)22-15-6-3-2-5-13(14)15/h2-7,9,11H,8,10,12H2,1H3,(H,20,23)(H,21,24). The predicted octanol–water partition coefficient (Wildman–Crippen LogP) is 1.99. The fraction of sp³-hybridized carbons (Fsp3) is 0.211. The zero-order chi connectivity index (χ0) is 18.4. The number of ether oxygens (including phenoxy) is 1. The summed E-state index contributed by atoms with van der Waals surface area (Å²) in [5.41, 5.74) is 1.67. The van der Waals surface area contributed by atoms with Crippen LogP contribution in [0.2, 0.25) is 0 Å². The van der Waals surface area contributed by atoms with Gasteiger partial charge in [0.15, 0.2) is 5.76 Å². The topological polar surface area (TPSA) is 93.5 Å². The number of furan rings is 1. The van der Waals surface area contributed by atoms with Crippen LogP contribution in [-0.2, 0) is 9.53 Å². The molecule has 7 nitrogen and oxygen atoms in total. The molecule has 0 radical (unpaired) electrons. The van der Waals surface area contributed by atoms with Crippen molar-refractivity contribution in [2.45, 2.75) is 0 Å². The molecule has 2 aromatic heterocycles.